The Morgan fingerprint density at radius 1 is 1.89 bits per heavy atom. The average Bonchev–Trinajstić information content (AvgIpc) is 1.87. The molecule has 0 aliphatic heterocycles. The van der Waals surface area contributed by atoms with Crippen LogP contribution in [0.5, 0.6) is 0 Å². The Bertz CT molecular complexity index is 142. The molecule has 0 spiro atoms. The predicted molar refractivity (Wildman–Crippen MR) is 46.7 cm³/mol. The molecular weight excluding hydrogens is 231 g/mol. The molecule has 0 heterocycles. The van der Waals surface area contributed by atoms with Gasteiger partial charge >= 0.3 is 0 Å². The molecule has 3 nitrogen and oxygen atoms in total. The molecule has 4 heteroatoms. The van der Waals surface area contributed by atoms with E-state index >= 15 is 0 Å². The van der Waals surface area contributed by atoms with Gasteiger partial charge in [0.15, 0.2) is 0 Å². The fourth-order valence-corrected chi connectivity index (χ4v) is 0.663. The smallest absolute Gasteiger partial charge is 0.0968 e. The van der Waals surface area contributed by atoms with Crippen molar-refractivity contribution in [3.05, 3.63) is 11.8 Å². The number of aliphatic hydroxyl groups excluding tert-OH is 1. The van der Waals surface area contributed by atoms with Crippen molar-refractivity contribution < 1.29 is 5.11 Å². The third kappa shape index (κ3) is 4.41. The maximum absolute atomic E-state index is 8.43. The molecule has 0 atom stereocenters. The first-order valence-corrected chi connectivity index (χ1v) is 3.47. The number of aliphatic hydroxyl groups is 1. The number of hydrogen-bond acceptors (Lipinski definition) is 3. The van der Waals surface area contributed by atoms with Crippen molar-refractivity contribution in [2.75, 3.05) is 13.7 Å². The van der Waals surface area contributed by atoms with Crippen LogP contribution in [0, 0.1) is 0 Å². The van der Waals surface area contributed by atoms with Crippen LogP contribution in [0.2, 0.25) is 0 Å². The maximum atomic E-state index is 8.43. The van der Waals surface area contributed by atoms with E-state index in [9.17, 15) is 0 Å². The molecular formula is C5H9IN2O. The van der Waals surface area contributed by atoms with E-state index in [1.807, 2.05) is 22.6 Å². The lowest BCUT2D eigenvalue weighted by atomic mass is 10.4. The number of nitrogens with two attached hydrogens (primary N) is 1. The molecule has 0 saturated carbocycles. The largest absolute Gasteiger partial charge is 0.400 e. The Hall–Kier alpha value is -0.100. The fourth-order valence-electron chi connectivity index (χ4n) is 0.263. The Morgan fingerprint density at radius 2 is 2.44 bits per heavy atom. The maximum Gasteiger partial charge on any atom is 0.0968 e. The predicted octanol–water partition coefficient (Wildman–Crippen LogP) is 0.285. The summed E-state index contributed by atoms with van der Waals surface area (Å²) in [5.74, 6) is 0. The summed E-state index contributed by atoms with van der Waals surface area (Å²) in [5.41, 5.74) is 5.71. The number of allylic oxidation sites excluding steroid dienone is 1. The summed E-state index contributed by atoms with van der Waals surface area (Å²) in [6, 6.07) is 0. The molecule has 52 valence electrons. The van der Waals surface area contributed by atoms with E-state index in [0.717, 1.165) is 3.72 Å². The van der Waals surface area contributed by atoms with Gasteiger partial charge in [-0.2, -0.15) is 0 Å². The van der Waals surface area contributed by atoms with Crippen molar-refractivity contribution in [1.82, 2.24) is 0 Å². The zero-order chi connectivity index (χ0) is 7.28. The van der Waals surface area contributed by atoms with Crippen molar-refractivity contribution in [3.8, 4) is 0 Å². The molecule has 0 aliphatic rings. The van der Waals surface area contributed by atoms with Gasteiger partial charge in [0.25, 0.3) is 0 Å². The highest BCUT2D eigenvalue weighted by Gasteiger charge is 1.87. The highest BCUT2D eigenvalue weighted by atomic mass is 127. The summed E-state index contributed by atoms with van der Waals surface area (Å²) in [6.45, 7) is -0.109. The van der Waals surface area contributed by atoms with E-state index < -0.39 is 0 Å². The van der Waals surface area contributed by atoms with Crippen LogP contribution in [0.3, 0.4) is 0 Å². The van der Waals surface area contributed by atoms with Crippen molar-refractivity contribution in [3.63, 3.8) is 0 Å². The average molecular weight is 240 g/mol. The van der Waals surface area contributed by atoms with Crippen LogP contribution in [-0.2, 0) is 0 Å². The summed E-state index contributed by atoms with van der Waals surface area (Å²) in [7, 11) is 1.67. The zero-order valence-electron chi connectivity index (χ0n) is 5.13. The minimum Gasteiger partial charge on any atom is -0.400 e. The van der Waals surface area contributed by atoms with Crippen LogP contribution < -0.4 is 5.73 Å². The highest BCUT2D eigenvalue weighted by molar-refractivity contribution is 14.1. The van der Waals surface area contributed by atoms with E-state index in [0.29, 0.717) is 5.70 Å². The van der Waals surface area contributed by atoms with E-state index in [1.54, 1.807) is 13.1 Å². The molecule has 9 heavy (non-hydrogen) atoms. The van der Waals surface area contributed by atoms with Gasteiger partial charge in [0.1, 0.15) is 0 Å². The number of hydrogen-bond donors (Lipinski definition) is 2. The van der Waals surface area contributed by atoms with Gasteiger partial charge in [-0.05, 0) is 28.7 Å². The molecule has 0 radical (unpaired) electrons. The highest BCUT2D eigenvalue weighted by Crippen LogP contribution is 1.93. The standard InChI is InChI=1S/C5H9IN2O/c1-8-5(6)2-4(7)3-9/h2,9H,3,7H2,1H3. The van der Waals surface area contributed by atoms with Crippen LogP contribution in [0.25, 0.3) is 0 Å². The lowest BCUT2D eigenvalue weighted by Crippen LogP contribution is -2.03. The SMILES string of the molecule is CN=C(I)C=C(N)CO. The van der Waals surface area contributed by atoms with Gasteiger partial charge in [-0.1, -0.05) is 0 Å². The van der Waals surface area contributed by atoms with Crippen LogP contribution in [-0.4, -0.2) is 22.5 Å². The van der Waals surface area contributed by atoms with Crippen molar-refractivity contribution in [1.29, 1.82) is 0 Å². The van der Waals surface area contributed by atoms with Gasteiger partial charge < -0.3 is 10.8 Å². The van der Waals surface area contributed by atoms with E-state index in [-0.39, 0.29) is 6.61 Å². The van der Waals surface area contributed by atoms with Gasteiger partial charge in [0.05, 0.1) is 10.3 Å². The number of aliphatic imine (C=N–C) groups is 1. The van der Waals surface area contributed by atoms with Gasteiger partial charge in [0, 0.05) is 12.7 Å². The second-order valence-corrected chi connectivity index (χ2v) is 2.53. The Kier molecular flexibility index (Phi) is 4.70. The number of nitrogens with zero attached hydrogens (tertiary/aromatic N) is 1. The third-order valence-electron chi connectivity index (χ3n) is 0.701. The topological polar surface area (TPSA) is 58.6 Å². The summed E-state index contributed by atoms with van der Waals surface area (Å²) < 4.78 is 0.791. The first-order chi connectivity index (χ1) is 4.20. The van der Waals surface area contributed by atoms with Gasteiger partial charge in [-0.25, -0.2) is 0 Å². The number of halogens is 1. The molecule has 0 rings (SSSR count). The Balaban J connectivity index is 3.95. The molecule has 0 aromatic rings. The molecule has 0 amide bonds. The first-order valence-electron chi connectivity index (χ1n) is 2.40. The second kappa shape index (κ2) is 4.75. The molecule has 0 fully saturated rings. The molecule has 0 unspecified atom stereocenters. The molecule has 0 aliphatic carbocycles. The van der Waals surface area contributed by atoms with Crippen LogP contribution in [0.4, 0.5) is 0 Å². The molecule has 0 aromatic carbocycles. The van der Waals surface area contributed by atoms with Gasteiger partial charge in [-0.3, -0.25) is 4.99 Å². The fraction of sp³-hybridized carbons (Fsp3) is 0.400. The quantitative estimate of drug-likeness (QED) is 0.538. The summed E-state index contributed by atoms with van der Waals surface area (Å²) in [5, 5.41) is 8.43. The summed E-state index contributed by atoms with van der Waals surface area (Å²) in [6.07, 6.45) is 1.63. The van der Waals surface area contributed by atoms with Crippen molar-refractivity contribution >= 4 is 26.3 Å². The summed E-state index contributed by atoms with van der Waals surface area (Å²) in [4.78, 5) is 3.81. The Morgan fingerprint density at radius 3 is 2.78 bits per heavy atom. The monoisotopic (exact) mass is 240 g/mol. The van der Waals surface area contributed by atoms with Crippen LogP contribution in [0.1, 0.15) is 0 Å². The van der Waals surface area contributed by atoms with Crippen molar-refractivity contribution in [2.24, 2.45) is 10.7 Å². The van der Waals surface area contributed by atoms with Crippen LogP contribution >= 0.6 is 22.6 Å². The number of rotatable bonds is 2. The van der Waals surface area contributed by atoms with Crippen molar-refractivity contribution in [2.45, 2.75) is 0 Å². The lowest BCUT2D eigenvalue weighted by Gasteiger charge is -1.91. The van der Waals surface area contributed by atoms with Crippen LogP contribution in [0.15, 0.2) is 16.8 Å². The minimum absolute atomic E-state index is 0.109. The summed E-state index contributed by atoms with van der Waals surface area (Å²) >= 11 is 2.03. The third-order valence-corrected chi connectivity index (χ3v) is 1.49. The molecule has 0 bridgehead atoms. The van der Waals surface area contributed by atoms with E-state index in [4.69, 9.17) is 10.8 Å². The minimum atomic E-state index is -0.109. The second-order valence-electron chi connectivity index (χ2n) is 1.42. The van der Waals surface area contributed by atoms with Gasteiger partial charge in [0.2, 0.25) is 0 Å². The van der Waals surface area contributed by atoms with E-state index in [1.165, 1.54) is 0 Å². The normalized spacial score (nSPS) is 14.1. The Labute approximate surface area is 67.8 Å². The molecule has 0 aromatic heterocycles. The zero-order valence-corrected chi connectivity index (χ0v) is 7.29. The van der Waals surface area contributed by atoms with Gasteiger partial charge in [-0.15, -0.1) is 0 Å². The first kappa shape index (κ1) is 8.90. The molecule has 3 N–H and O–H groups in total. The van der Waals surface area contributed by atoms with E-state index in [2.05, 4.69) is 4.99 Å². The molecule has 0 saturated heterocycles. The lowest BCUT2D eigenvalue weighted by molar-refractivity contribution is 0.330.